The van der Waals surface area contributed by atoms with Gasteiger partial charge in [-0.25, -0.2) is 4.79 Å². The van der Waals surface area contributed by atoms with Gasteiger partial charge in [0.15, 0.2) is 6.10 Å². The second-order valence-corrected chi connectivity index (χ2v) is 4.99. The lowest BCUT2D eigenvalue weighted by Crippen LogP contribution is -2.27. The summed E-state index contributed by atoms with van der Waals surface area (Å²) in [7, 11) is 0. The van der Waals surface area contributed by atoms with Gasteiger partial charge in [-0.3, -0.25) is 0 Å². The Balaban J connectivity index is 1.99. The van der Waals surface area contributed by atoms with Crippen LogP contribution >= 0.6 is 0 Å². The Kier molecular flexibility index (Phi) is 5.37. The van der Waals surface area contributed by atoms with Crippen molar-refractivity contribution in [3.63, 3.8) is 0 Å². The molecule has 2 aromatic rings. The van der Waals surface area contributed by atoms with Crippen LogP contribution in [0.4, 0.5) is 0 Å². The van der Waals surface area contributed by atoms with Crippen LogP contribution in [0.2, 0.25) is 0 Å². The Morgan fingerprint density at radius 1 is 1.05 bits per heavy atom. The minimum atomic E-state index is -0.688. The van der Waals surface area contributed by atoms with E-state index in [-0.39, 0.29) is 6.10 Å². The molecule has 0 aliphatic heterocycles. The summed E-state index contributed by atoms with van der Waals surface area (Å²) in [6.07, 6.45) is 0.696. The molecule has 0 N–H and O–H groups in total. The molecule has 0 spiro atoms. The van der Waals surface area contributed by atoms with Gasteiger partial charge in [-0.1, -0.05) is 61.2 Å². The highest BCUT2D eigenvalue weighted by Crippen LogP contribution is 2.22. The highest BCUT2D eigenvalue weighted by atomic mass is 16.6. The molecule has 0 fully saturated rings. The number of carbonyl (C=O) groups excluding carboxylic acids is 1. The molecule has 2 unspecified atom stereocenters. The van der Waals surface area contributed by atoms with Crippen LogP contribution in [0, 0.1) is 0 Å². The van der Waals surface area contributed by atoms with Crippen LogP contribution in [0.1, 0.15) is 31.1 Å². The molecule has 2 aromatic carbocycles. The van der Waals surface area contributed by atoms with E-state index in [2.05, 4.69) is 6.58 Å². The number of ether oxygens (including phenoxy) is 2. The van der Waals surface area contributed by atoms with Gasteiger partial charge < -0.3 is 9.47 Å². The predicted molar refractivity (Wildman–Crippen MR) is 87.6 cm³/mol. The van der Waals surface area contributed by atoms with Gasteiger partial charge in [-0.2, -0.15) is 0 Å². The van der Waals surface area contributed by atoms with Crippen molar-refractivity contribution in [2.24, 2.45) is 0 Å². The van der Waals surface area contributed by atoms with Gasteiger partial charge in [0.05, 0.1) is 0 Å². The van der Waals surface area contributed by atoms with E-state index >= 15 is 0 Å². The average Bonchev–Trinajstić information content (AvgIpc) is 2.56. The Labute approximate surface area is 131 Å². The van der Waals surface area contributed by atoms with Crippen LogP contribution in [-0.4, -0.2) is 12.1 Å². The Hall–Kier alpha value is -2.55. The molecule has 0 heterocycles. The minimum absolute atomic E-state index is 0.311. The van der Waals surface area contributed by atoms with Crippen molar-refractivity contribution < 1.29 is 14.3 Å². The zero-order valence-electron chi connectivity index (χ0n) is 12.9. The third-order valence-corrected chi connectivity index (χ3v) is 3.34. The normalized spacial score (nSPS) is 13.0. The summed E-state index contributed by atoms with van der Waals surface area (Å²) < 4.78 is 11.1. The molecule has 3 heteroatoms. The number of benzene rings is 2. The summed E-state index contributed by atoms with van der Waals surface area (Å²) in [5, 5.41) is 0. The van der Waals surface area contributed by atoms with Crippen LogP contribution in [0.3, 0.4) is 0 Å². The van der Waals surface area contributed by atoms with Gasteiger partial charge >= 0.3 is 5.97 Å². The molecule has 0 saturated carbocycles. The fraction of sp³-hybridized carbons (Fsp3) is 0.211. The third-order valence-electron chi connectivity index (χ3n) is 3.34. The van der Waals surface area contributed by atoms with E-state index in [0.29, 0.717) is 5.75 Å². The van der Waals surface area contributed by atoms with Gasteiger partial charge in [0.1, 0.15) is 11.9 Å². The lowest BCUT2D eigenvalue weighted by molar-refractivity contribution is -0.156. The van der Waals surface area contributed by atoms with Crippen LogP contribution < -0.4 is 4.74 Å². The predicted octanol–water partition coefficient (Wildman–Crippen LogP) is 4.40. The molecule has 114 valence electrons. The van der Waals surface area contributed by atoms with Crippen molar-refractivity contribution in [3.8, 4) is 5.75 Å². The van der Waals surface area contributed by atoms with E-state index in [1.54, 1.807) is 19.1 Å². The fourth-order valence-corrected chi connectivity index (χ4v) is 2.06. The maximum absolute atomic E-state index is 12.2. The van der Waals surface area contributed by atoms with Crippen molar-refractivity contribution in [1.29, 1.82) is 0 Å². The van der Waals surface area contributed by atoms with Gasteiger partial charge in [-0.05, 0) is 25.5 Å². The van der Waals surface area contributed by atoms with E-state index in [1.807, 2.05) is 55.5 Å². The van der Waals surface area contributed by atoms with Gasteiger partial charge in [-0.15, -0.1) is 0 Å². The lowest BCUT2D eigenvalue weighted by Gasteiger charge is -2.19. The molecule has 0 saturated heterocycles. The Morgan fingerprint density at radius 2 is 1.68 bits per heavy atom. The summed E-state index contributed by atoms with van der Waals surface area (Å²) in [5.74, 6) is 0.226. The first-order valence-corrected chi connectivity index (χ1v) is 7.25. The standard InChI is InChI=1S/C19H20O3/c1-4-16-10-8-9-13-18(16)21-15(3)19(20)22-14(2)17-11-6-5-7-12-17/h4-15H,1H2,2-3H3. The largest absolute Gasteiger partial charge is 0.478 e. The second kappa shape index (κ2) is 7.46. The van der Waals surface area contributed by atoms with Crippen molar-refractivity contribution >= 4 is 12.0 Å². The van der Waals surface area contributed by atoms with Crippen molar-refractivity contribution in [2.75, 3.05) is 0 Å². The molecule has 0 radical (unpaired) electrons. The number of esters is 1. The topological polar surface area (TPSA) is 35.5 Å². The van der Waals surface area contributed by atoms with E-state index in [9.17, 15) is 4.79 Å². The molecule has 2 atom stereocenters. The van der Waals surface area contributed by atoms with Crippen molar-refractivity contribution in [1.82, 2.24) is 0 Å². The summed E-state index contributed by atoms with van der Waals surface area (Å²) in [4.78, 5) is 12.2. The molecular weight excluding hydrogens is 276 g/mol. The SMILES string of the molecule is C=Cc1ccccc1OC(C)C(=O)OC(C)c1ccccc1. The summed E-state index contributed by atoms with van der Waals surface area (Å²) >= 11 is 0. The molecule has 0 aliphatic carbocycles. The molecule has 0 bridgehead atoms. The van der Waals surface area contributed by atoms with Crippen molar-refractivity contribution in [3.05, 3.63) is 72.3 Å². The zero-order valence-corrected chi connectivity index (χ0v) is 12.9. The molecule has 22 heavy (non-hydrogen) atoms. The number of hydrogen-bond acceptors (Lipinski definition) is 3. The maximum Gasteiger partial charge on any atom is 0.347 e. The van der Waals surface area contributed by atoms with E-state index < -0.39 is 12.1 Å². The fourth-order valence-electron chi connectivity index (χ4n) is 2.06. The number of carbonyl (C=O) groups is 1. The van der Waals surface area contributed by atoms with E-state index in [1.165, 1.54) is 0 Å². The molecule has 0 aliphatic rings. The highest BCUT2D eigenvalue weighted by Gasteiger charge is 2.20. The van der Waals surface area contributed by atoms with Crippen LogP contribution in [-0.2, 0) is 9.53 Å². The minimum Gasteiger partial charge on any atom is -0.478 e. The molecule has 2 rings (SSSR count). The van der Waals surface area contributed by atoms with Crippen molar-refractivity contribution in [2.45, 2.75) is 26.1 Å². The van der Waals surface area contributed by atoms with Gasteiger partial charge in [0, 0.05) is 5.56 Å². The Bertz CT molecular complexity index is 634. The van der Waals surface area contributed by atoms with E-state index in [0.717, 1.165) is 11.1 Å². The number of hydrogen-bond donors (Lipinski definition) is 0. The van der Waals surface area contributed by atoms with Gasteiger partial charge in [0.2, 0.25) is 0 Å². The first-order valence-electron chi connectivity index (χ1n) is 7.25. The van der Waals surface area contributed by atoms with Crippen LogP contribution in [0.5, 0.6) is 5.75 Å². The first kappa shape index (κ1) is 15.8. The number of rotatable bonds is 6. The summed E-state index contributed by atoms with van der Waals surface area (Å²) in [6.45, 7) is 7.26. The van der Waals surface area contributed by atoms with E-state index in [4.69, 9.17) is 9.47 Å². The average molecular weight is 296 g/mol. The molecule has 3 nitrogen and oxygen atoms in total. The van der Waals surface area contributed by atoms with Gasteiger partial charge in [0.25, 0.3) is 0 Å². The summed E-state index contributed by atoms with van der Waals surface area (Å²) in [5.41, 5.74) is 1.80. The smallest absolute Gasteiger partial charge is 0.347 e. The Morgan fingerprint density at radius 3 is 2.36 bits per heavy atom. The lowest BCUT2D eigenvalue weighted by atomic mass is 10.1. The maximum atomic E-state index is 12.2. The summed E-state index contributed by atoms with van der Waals surface area (Å²) in [6, 6.07) is 17.1. The second-order valence-electron chi connectivity index (χ2n) is 4.99. The molecule has 0 aromatic heterocycles. The molecular formula is C19H20O3. The molecule has 0 amide bonds. The van der Waals surface area contributed by atoms with Crippen LogP contribution in [0.25, 0.3) is 6.08 Å². The number of para-hydroxylation sites is 1. The monoisotopic (exact) mass is 296 g/mol. The highest BCUT2D eigenvalue weighted by molar-refractivity contribution is 5.75. The first-order chi connectivity index (χ1) is 10.6. The zero-order chi connectivity index (χ0) is 15.9. The quantitative estimate of drug-likeness (QED) is 0.741. The van der Waals surface area contributed by atoms with Crippen LogP contribution in [0.15, 0.2) is 61.2 Å². The third kappa shape index (κ3) is 3.98.